The predicted octanol–water partition coefficient (Wildman–Crippen LogP) is 3.58. The van der Waals surface area contributed by atoms with E-state index in [4.69, 9.17) is 0 Å². The molecule has 1 aromatic rings. The molecule has 2 nitrogen and oxygen atoms in total. The number of aromatic nitrogens is 1. The van der Waals surface area contributed by atoms with Crippen LogP contribution >= 0.6 is 0 Å². The number of nitrogens with zero attached hydrogens (tertiary/aromatic N) is 2. The molecule has 2 heterocycles. The van der Waals surface area contributed by atoms with E-state index in [0.717, 1.165) is 0 Å². The molecular weight excluding hydrogens is 196 g/mol. The minimum atomic E-state index is 0.521. The maximum absolute atomic E-state index is 4.55. The van der Waals surface area contributed by atoms with Crippen LogP contribution in [0, 0.1) is 0 Å². The molecule has 1 saturated heterocycles. The van der Waals surface area contributed by atoms with E-state index >= 15 is 0 Å². The minimum Gasteiger partial charge on any atom is -0.368 e. The van der Waals surface area contributed by atoms with Crippen molar-refractivity contribution < 1.29 is 0 Å². The van der Waals surface area contributed by atoms with E-state index < -0.39 is 0 Å². The van der Waals surface area contributed by atoms with Crippen molar-refractivity contribution in [2.45, 2.75) is 52.0 Å². The highest BCUT2D eigenvalue weighted by atomic mass is 15.2. The Morgan fingerprint density at radius 2 is 2.12 bits per heavy atom. The summed E-state index contributed by atoms with van der Waals surface area (Å²) in [7, 11) is 0. The third-order valence-corrected chi connectivity index (χ3v) is 3.50. The van der Waals surface area contributed by atoms with Gasteiger partial charge >= 0.3 is 0 Å². The quantitative estimate of drug-likeness (QED) is 0.754. The van der Waals surface area contributed by atoms with E-state index in [0.29, 0.717) is 12.0 Å². The number of anilines is 1. The highest BCUT2D eigenvalue weighted by molar-refractivity contribution is 5.46. The summed E-state index contributed by atoms with van der Waals surface area (Å²) < 4.78 is 0. The summed E-state index contributed by atoms with van der Waals surface area (Å²) in [6.07, 6.45) is 6.04. The largest absolute Gasteiger partial charge is 0.368 e. The molecule has 0 bridgehead atoms. The van der Waals surface area contributed by atoms with Crippen molar-refractivity contribution >= 4 is 5.69 Å². The van der Waals surface area contributed by atoms with Gasteiger partial charge in [-0.05, 0) is 44.2 Å². The van der Waals surface area contributed by atoms with Gasteiger partial charge in [0, 0.05) is 18.3 Å². The van der Waals surface area contributed by atoms with Gasteiger partial charge in [-0.25, -0.2) is 0 Å². The van der Waals surface area contributed by atoms with E-state index in [-0.39, 0.29) is 0 Å². The zero-order valence-electron chi connectivity index (χ0n) is 10.6. The molecule has 0 amide bonds. The van der Waals surface area contributed by atoms with Crippen molar-refractivity contribution in [1.29, 1.82) is 0 Å². The summed E-state index contributed by atoms with van der Waals surface area (Å²) in [6.45, 7) is 7.87. The first kappa shape index (κ1) is 11.4. The lowest BCUT2D eigenvalue weighted by atomic mass is 10.0. The van der Waals surface area contributed by atoms with Gasteiger partial charge in [-0.2, -0.15) is 0 Å². The van der Waals surface area contributed by atoms with E-state index in [1.54, 1.807) is 0 Å². The maximum Gasteiger partial charge on any atom is 0.0555 e. The Hall–Kier alpha value is -1.05. The summed E-state index contributed by atoms with van der Waals surface area (Å²) in [5, 5.41) is 0. The van der Waals surface area contributed by atoms with Crippen LogP contribution in [-0.4, -0.2) is 17.6 Å². The number of hydrogen-bond donors (Lipinski definition) is 0. The van der Waals surface area contributed by atoms with Crippen LogP contribution in [0.15, 0.2) is 18.3 Å². The van der Waals surface area contributed by atoms with Gasteiger partial charge in [-0.3, -0.25) is 4.98 Å². The highest BCUT2D eigenvalue weighted by Crippen LogP contribution is 2.24. The van der Waals surface area contributed by atoms with Gasteiger partial charge in [0.1, 0.15) is 0 Å². The normalized spacial score (nSPS) is 21.5. The zero-order chi connectivity index (χ0) is 11.5. The van der Waals surface area contributed by atoms with Crippen LogP contribution in [0.2, 0.25) is 0 Å². The summed E-state index contributed by atoms with van der Waals surface area (Å²) >= 11 is 0. The second kappa shape index (κ2) is 4.86. The maximum atomic E-state index is 4.55. The lowest BCUT2D eigenvalue weighted by molar-refractivity contribution is 0.484. The Bertz CT molecular complexity index is 329. The topological polar surface area (TPSA) is 16.1 Å². The molecule has 0 radical (unpaired) electrons. The molecule has 0 aromatic carbocycles. The minimum absolute atomic E-state index is 0.521. The molecule has 0 saturated carbocycles. The van der Waals surface area contributed by atoms with Crippen LogP contribution < -0.4 is 4.90 Å². The van der Waals surface area contributed by atoms with Crippen molar-refractivity contribution in [2.24, 2.45) is 0 Å². The molecule has 16 heavy (non-hydrogen) atoms. The van der Waals surface area contributed by atoms with Crippen LogP contribution in [0.5, 0.6) is 0 Å². The van der Waals surface area contributed by atoms with Crippen LogP contribution in [0.25, 0.3) is 0 Å². The Kier molecular flexibility index (Phi) is 3.47. The van der Waals surface area contributed by atoms with Gasteiger partial charge in [0.2, 0.25) is 0 Å². The molecule has 88 valence electrons. The van der Waals surface area contributed by atoms with Crippen LogP contribution in [-0.2, 0) is 0 Å². The molecule has 2 heteroatoms. The van der Waals surface area contributed by atoms with Crippen molar-refractivity contribution in [2.75, 3.05) is 11.4 Å². The first-order chi connectivity index (χ1) is 7.68. The van der Waals surface area contributed by atoms with Crippen molar-refractivity contribution in [3.63, 3.8) is 0 Å². The molecule has 1 unspecified atom stereocenters. The first-order valence-electron chi connectivity index (χ1n) is 6.41. The van der Waals surface area contributed by atoms with Gasteiger partial charge < -0.3 is 4.90 Å². The first-order valence-corrected chi connectivity index (χ1v) is 6.41. The molecule has 1 atom stereocenters. The summed E-state index contributed by atoms with van der Waals surface area (Å²) in [5.41, 5.74) is 2.48. The van der Waals surface area contributed by atoms with Crippen molar-refractivity contribution in [1.82, 2.24) is 4.98 Å². The van der Waals surface area contributed by atoms with E-state index in [9.17, 15) is 0 Å². The Morgan fingerprint density at radius 1 is 1.31 bits per heavy atom. The molecule has 2 rings (SSSR count). The van der Waals surface area contributed by atoms with Crippen LogP contribution in [0.1, 0.15) is 51.6 Å². The third kappa shape index (κ3) is 2.37. The molecule has 0 N–H and O–H groups in total. The smallest absolute Gasteiger partial charge is 0.0555 e. The predicted molar refractivity (Wildman–Crippen MR) is 69.0 cm³/mol. The monoisotopic (exact) mass is 218 g/mol. The van der Waals surface area contributed by atoms with Crippen LogP contribution in [0.4, 0.5) is 5.69 Å². The van der Waals surface area contributed by atoms with Crippen molar-refractivity contribution in [3.05, 3.63) is 24.0 Å². The van der Waals surface area contributed by atoms with E-state index in [2.05, 4.69) is 42.8 Å². The third-order valence-electron chi connectivity index (χ3n) is 3.50. The fraction of sp³-hybridized carbons (Fsp3) is 0.643. The van der Waals surface area contributed by atoms with Gasteiger partial charge in [-0.15, -0.1) is 0 Å². The average Bonchev–Trinajstić information content (AvgIpc) is 2.30. The van der Waals surface area contributed by atoms with E-state index in [1.165, 1.54) is 37.2 Å². The zero-order valence-corrected chi connectivity index (χ0v) is 10.6. The number of rotatable bonds is 2. The van der Waals surface area contributed by atoms with E-state index in [1.807, 2.05) is 6.20 Å². The van der Waals surface area contributed by atoms with Crippen LogP contribution in [0.3, 0.4) is 0 Å². The van der Waals surface area contributed by atoms with Gasteiger partial charge in [0.15, 0.2) is 0 Å². The SMILES string of the molecule is CC(C)c1ccc(N2CCCCC2C)cn1. The molecular formula is C14H22N2. The Morgan fingerprint density at radius 3 is 2.69 bits per heavy atom. The summed E-state index contributed by atoms with van der Waals surface area (Å²) in [4.78, 5) is 7.03. The van der Waals surface area contributed by atoms with Gasteiger partial charge in [0.25, 0.3) is 0 Å². The second-order valence-electron chi connectivity index (χ2n) is 5.13. The highest BCUT2D eigenvalue weighted by Gasteiger charge is 2.18. The molecule has 1 aromatic heterocycles. The Labute approximate surface area is 98.7 Å². The van der Waals surface area contributed by atoms with Crippen molar-refractivity contribution in [3.8, 4) is 0 Å². The molecule has 1 aliphatic rings. The molecule has 1 fully saturated rings. The number of hydrogen-bond acceptors (Lipinski definition) is 2. The molecule has 0 aliphatic carbocycles. The lowest BCUT2D eigenvalue weighted by Gasteiger charge is -2.35. The fourth-order valence-electron chi connectivity index (χ4n) is 2.39. The standard InChI is InChI=1S/C14H22N2/c1-11(2)14-8-7-13(10-15-14)16-9-5-4-6-12(16)3/h7-8,10-12H,4-6,9H2,1-3H3. The lowest BCUT2D eigenvalue weighted by Crippen LogP contribution is -2.37. The van der Waals surface area contributed by atoms with Gasteiger partial charge in [0.05, 0.1) is 11.9 Å². The number of pyridine rings is 1. The average molecular weight is 218 g/mol. The molecule has 1 aliphatic heterocycles. The Balaban J connectivity index is 2.14. The van der Waals surface area contributed by atoms with Gasteiger partial charge in [-0.1, -0.05) is 13.8 Å². The summed E-state index contributed by atoms with van der Waals surface area (Å²) in [6, 6.07) is 5.06. The fourth-order valence-corrected chi connectivity index (χ4v) is 2.39. The molecule has 0 spiro atoms. The summed E-state index contributed by atoms with van der Waals surface area (Å²) in [5.74, 6) is 0.521. The second-order valence-corrected chi connectivity index (χ2v) is 5.13. The number of piperidine rings is 1.